The van der Waals surface area contributed by atoms with Crippen LogP contribution in [0.25, 0.3) is 0 Å². The number of nitrogens with one attached hydrogen (secondary N) is 2. The second kappa shape index (κ2) is 6.07. The predicted octanol–water partition coefficient (Wildman–Crippen LogP) is 1.95. The fourth-order valence-electron chi connectivity index (χ4n) is 2.61. The van der Waals surface area contributed by atoms with E-state index in [1.165, 1.54) is 6.07 Å². The SMILES string of the molecule is CC(C)c1nc(NC2CCCCC2C(=O)O)cc(=O)[nH]1. The van der Waals surface area contributed by atoms with E-state index in [2.05, 4.69) is 15.3 Å². The zero-order valence-corrected chi connectivity index (χ0v) is 11.8. The van der Waals surface area contributed by atoms with Crippen LogP contribution in [-0.4, -0.2) is 27.1 Å². The Bertz CT molecular complexity index is 539. The van der Waals surface area contributed by atoms with Gasteiger partial charge in [0.05, 0.1) is 5.92 Å². The molecule has 0 aliphatic heterocycles. The Morgan fingerprint density at radius 2 is 2.15 bits per heavy atom. The average molecular weight is 279 g/mol. The van der Waals surface area contributed by atoms with Gasteiger partial charge in [0.25, 0.3) is 5.56 Å². The molecular weight excluding hydrogens is 258 g/mol. The van der Waals surface area contributed by atoms with Crippen LogP contribution in [0.3, 0.4) is 0 Å². The second-order valence-corrected chi connectivity index (χ2v) is 5.65. The quantitative estimate of drug-likeness (QED) is 0.783. The van der Waals surface area contributed by atoms with Crippen molar-refractivity contribution in [3.05, 3.63) is 22.2 Å². The molecule has 110 valence electrons. The fraction of sp³-hybridized carbons (Fsp3) is 0.643. The van der Waals surface area contributed by atoms with Gasteiger partial charge in [0.15, 0.2) is 0 Å². The number of carboxylic acids is 1. The first-order valence-corrected chi connectivity index (χ1v) is 7.08. The number of hydrogen-bond donors (Lipinski definition) is 3. The van der Waals surface area contributed by atoms with E-state index < -0.39 is 11.9 Å². The van der Waals surface area contributed by atoms with E-state index in [-0.39, 0.29) is 17.5 Å². The van der Waals surface area contributed by atoms with Crippen LogP contribution in [0, 0.1) is 5.92 Å². The van der Waals surface area contributed by atoms with Gasteiger partial charge in [-0.1, -0.05) is 26.7 Å². The summed E-state index contributed by atoms with van der Waals surface area (Å²) in [6, 6.07) is 1.23. The minimum absolute atomic E-state index is 0.117. The molecule has 2 unspecified atom stereocenters. The van der Waals surface area contributed by atoms with Gasteiger partial charge in [-0.25, -0.2) is 4.98 Å². The van der Waals surface area contributed by atoms with E-state index in [4.69, 9.17) is 0 Å². The molecule has 1 aromatic heterocycles. The molecule has 0 radical (unpaired) electrons. The van der Waals surface area contributed by atoms with Crippen molar-refractivity contribution in [2.75, 3.05) is 5.32 Å². The van der Waals surface area contributed by atoms with Crippen molar-refractivity contribution < 1.29 is 9.90 Å². The maximum absolute atomic E-state index is 11.6. The van der Waals surface area contributed by atoms with Gasteiger partial charge in [-0.2, -0.15) is 0 Å². The van der Waals surface area contributed by atoms with Crippen LogP contribution in [0.4, 0.5) is 5.82 Å². The van der Waals surface area contributed by atoms with Crippen molar-refractivity contribution in [1.82, 2.24) is 9.97 Å². The third-order valence-electron chi connectivity index (χ3n) is 3.72. The van der Waals surface area contributed by atoms with Crippen LogP contribution in [0.15, 0.2) is 10.9 Å². The first kappa shape index (κ1) is 14.6. The molecule has 0 aromatic carbocycles. The molecule has 2 atom stereocenters. The van der Waals surface area contributed by atoms with Gasteiger partial charge in [-0.15, -0.1) is 0 Å². The maximum atomic E-state index is 11.6. The highest BCUT2D eigenvalue weighted by atomic mass is 16.4. The standard InChI is InChI=1S/C14H21N3O3/c1-8(2)13-16-11(7-12(18)17-13)15-10-6-4-3-5-9(10)14(19)20/h7-10H,3-6H2,1-2H3,(H,19,20)(H2,15,16,17,18). The number of aliphatic carboxylic acids is 1. The van der Waals surface area contributed by atoms with Crippen molar-refractivity contribution >= 4 is 11.8 Å². The number of H-pyrrole nitrogens is 1. The number of aromatic amines is 1. The summed E-state index contributed by atoms with van der Waals surface area (Å²) in [5.41, 5.74) is -0.214. The minimum atomic E-state index is -0.781. The van der Waals surface area contributed by atoms with Crippen molar-refractivity contribution in [1.29, 1.82) is 0 Å². The summed E-state index contributed by atoms with van der Waals surface area (Å²) in [5.74, 6) is 0.00724. The average Bonchev–Trinajstić information content (AvgIpc) is 2.38. The van der Waals surface area contributed by atoms with Gasteiger partial charge >= 0.3 is 5.97 Å². The molecule has 6 nitrogen and oxygen atoms in total. The Morgan fingerprint density at radius 1 is 1.45 bits per heavy atom. The number of carboxylic acid groups (broad SMARTS) is 1. The highest BCUT2D eigenvalue weighted by Crippen LogP contribution is 2.27. The largest absolute Gasteiger partial charge is 0.481 e. The van der Waals surface area contributed by atoms with Gasteiger partial charge in [0, 0.05) is 18.0 Å². The van der Waals surface area contributed by atoms with Crippen LogP contribution in [-0.2, 0) is 4.79 Å². The summed E-state index contributed by atoms with van der Waals surface area (Å²) >= 11 is 0. The Hall–Kier alpha value is -1.85. The first-order valence-electron chi connectivity index (χ1n) is 7.08. The number of rotatable bonds is 4. The molecule has 0 spiro atoms. The molecule has 20 heavy (non-hydrogen) atoms. The highest BCUT2D eigenvalue weighted by molar-refractivity contribution is 5.71. The molecule has 1 fully saturated rings. The molecule has 1 aliphatic rings. The van der Waals surface area contributed by atoms with E-state index in [1.807, 2.05) is 13.8 Å². The van der Waals surface area contributed by atoms with Crippen LogP contribution in [0.2, 0.25) is 0 Å². The lowest BCUT2D eigenvalue weighted by Gasteiger charge is -2.29. The van der Waals surface area contributed by atoms with Crippen molar-refractivity contribution in [3.8, 4) is 0 Å². The molecule has 2 rings (SSSR count). The molecular formula is C14H21N3O3. The minimum Gasteiger partial charge on any atom is -0.481 e. The summed E-state index contributed by atoms with van der Waals surface area (Å²) in [6.45, 7) is 3.89. The third kappa shape index (κ3) is 3.37. The Morgan fingerprint density at radius 3 is 2.80 bits per heavy atom. The Kier molecular flexibility index (Phi) is 4.42. The Balaban J connectivity index is 2.19. The molecule has 0 bridgehead atoms. The van der Waals surface area contributed by atoms with Gasteiger partial charge in [-0.3, -0.25) is 9.59 Å². The molecule has 1 aliphatic carbocycles. The summed E-state index contributed by atoms with van der Waals surface area (Å²) in [6.07, 6.45) is 3.41. The zero-order valence-electron chi connectivity index (χ0n) is 11.8. The van der Waals surface area contributed by atoms with E-state index in [0.717, 1.165) is 19.3 Å². The van der Waals surface area contributed by atoms with Crippen LogP contribution in [0.1, 0.15) is 51.3 Å². The van der Waals surface area contributed by atoms with Crippen molar-refractivity contribution in [3.63, 3.8) is 0 Å². The molecule has 1 aromatic rings. The smallest absolute Gasteiger partial charge is 0.308 e. The van der Waals surface area contributed by atoms with E-state index >= 15 is 0 Å². The normalized spacial score (nSPS) is 22.8. The molecule has 0 amide bonds. The van der Waals surface area contributed by atoms with Crippen molar-refractivity contribution in [2.24, 2.45) is 5.92 Å². The van der Waals surface area contributed by atoms with Gasteiger partial charge in [-0.05, 0) is 12.8 Å². The third-order valence-corrected chi connectivity index (χ3v) is 3.72. The van der Waals surface area contributed by atoms with Crippen LogP contribution in [0.5, 0.6) is 0 Å². The van der Waals surface area contributed by atoms with Crippen molar-refractivity contribution in [2.45, 2.75) is 51.5 Å². The number of hydrogen-bond acceptors (Lipinski definition) is 4. The summed E-state index contributed by atoms with van der Waals surface area (Å²) < 4.78 is 0. The van der Waals surface area contributed by atoms with Crippen LogP contribution < -0.4 is 10.9 Å². The van der Waals surface area contributed by atoms with Gasteiger partial charge in [0.1, 0.15) is 11.6 Å². The highest BCUT2D eigenvalue weighted by Gasteiger charge is 2.31. The Labute approximate surface area is 117 Å². The lowest BCUT2D eigenvalue weighted by Crippen LogP contribution is -2.37. The molecule has 1 saturated carbocycles. The van der Waals surface area contributed by atoms with Gasteiger partial charge < -0.3 is 15.4 Å². The topological polar surface area (TPSA) is 95.1 Å². The lowest BCUT2D eigenvalue weighted by molar-refractivity contribution is -0.143. The number of carbonyl (C=O) groups is 1. The fourth-order valence-corrected chi connectivity index (χ4v) is 2.61. The molecule has 3 N–H and O–H groups in total. The van der Waals surface area contributed by atoms with Gasteiger partial charge in [0.2, 0.25) is 0 Å². The monoisotopic (exact) mass is 279 g/mol. The predicted molar refractivity (Wildman–Crippen MR) is 76.0 cm³/mol. The molecule has 1 heterocycles. The summed E-state index contributed by atoms with van der Waals surface area (Å²) in [5, 5.41) is 12.4. The number of nitrogens with zero attached hydrogens (tertiary/aromatic N) is 1. The first-order chi connectivity index (χ1) is 9.47. The zero-order chi connectivity index (χ0) is 14.7. The summed E-state index contributed by atoms with van der Waals surface area (Å²) in [7, 11) is 0. The van der Waals surface area contributed by atoms with E-state index in [0.29, 0.717) is 18.1 Å². The number of aromatic nitrogens is 2. The van der Waals surface area contributed by atoms with E-state index in [1.54, 1.807) is 0 Å². The van der Waals surface area contributed by atoms with E-state index in [9.17, 15) is 14.7 Å². The lowest BCUT2D eigenvalue weighted by atomic mass is 9.84. The maximum Gasteiger partial charge on any atom is 0.308 e. The summed E-state index contributed by atoms with van der Waals surface area (Å²) in [4.78, 5) is 29.9. The number of anilines is 1. The molecule has 6 heteroatoms. The molecule has 0 saturated heterocycles. The van der Waals surface area contributed by atoms with Crippen LogP contribution >= 0.6 is 0 Å². The second-order valence-electron chi connectivity index (χ2n) is 5.65.